The topological polar surface area (TPSA) is 88.9 Å². The van der Waals surface area contributed by atoms with Gasteiger partial charge in [-0.15, -0.1) is 0 Å². The van der Waals surface area contributed by atoms with Crippen molar-refractivity contribution in [2.45, 2.75) is 38.0 Å². The summed E-state index contributed by atoms with van der Waals surface area (Å²) in [6, 6.07) is 12.0. The molecular weight excluding hydrogens is 416 g/mol. The molecule has 0 radical (unpaired) electrons. The number of hydrogen-bond acceptors (Lipinski definition) is 5. The summed E-state index contributed by atoms with van der Waals surface area (Å²) in [6.07, 6.45) is 2.74. The Morgan fingerprint density at radius 2 is 1.87 bits per heavy atom. The first kappa shape index (κ1) is 21.4. The van der Waals surface area contributed by atoms with E-state index in [0.717, 1.165) is 30.2 Å². The van der Waals surface area contributed by atoms with E-state index in [-0.39, 0.29) is 10.7 Å². The van der Waals surface area contributed by atoms with Crippen molar-refractivity contribution >= 4 is 32.6 Å². The lowest BCUT2D eigenvalue weighted by atomic mass is 10.1. The number of aryl methyl sites for hydroxylation is 1. The third-order valence-corrected chi connectivity index (χ3v) is 7.40. The average Bonchev–Trinajstić information content (AvgIpc) is 3.12. The molecule has 0 aliphatic carbocycles. The molecule has 31 heavy (non-hydrogen) atoms. The SMILES string of the molecule is CCOc1ccc(S(=O)(=O)N2CCCCC2)cc1NC(=O)c1oc2ccccc2c1C. The van der Waals surface area contributed by atoms with Crippen molar-refractivity contribution in [1.29, 1.82) is 0 Å². The van der Waals surface area contributed by atoms with E-state index in [1.54, 1.807) is 12.1 Å². The van der Waals surface area contributed by atoms with Gasteiger partial charge in [-0.3, -0.25) is 4.79 Å². The number of carbonyl (C=O) groups excluding carboxylic acids is 1. The number of nitrogens with zero attached hydrogens (tertiary/aromatic N) is 1. The first-order chi connectivity index (χ1) is 14.9. The van der Waals surface area contributed by atoms with Crippen LogP contribution in [0.25, 0.3) is 11.0 Å². The Hall–Kier alpha value is -2.84. The van der Waals surface area contributed by atoms with Crippen LogP contribution in [0.15, 0.2) is 51.8 Å². The number of sulfonamides is 1. The van der Waals surface area contributed by atoms with Crippen molar-refractivity contribution in [3.8, 4) is 5.75 Å². The number of anilines is 1. The molecule has 2 aromatic carbocycles. The number of ether oxygens (including phenoxy) is 1. The second-order valence-corrected chi connectivity index (χ2v) is 9.50. The number of hydrogen-bond donors (Lipinski definition) is 1. The minimum Gasteiger partial charge on any atom is -0.492 e. The third kappa shape index (κ3) is 4.18. The lowest BCUT2D eigenvalue weighted by molar-refractivity contribution is 0.0997. The number of fused-ring (bicyclic) bond motifs is 1. The van der Waals surface area contributed by atoms with Crippen LogP contribution >= 0.6 is 0 Å². The highest BCUT2D eigenvalue weighted by Gasteiger charge is 2.27. The maximum absolute atomic E-state index is 13.1. The number of amides is 1. The molecule has 0 bridgehead atoms. The molecule has 1 amide bonds. The standard InChI is InChI=1S/C23H26N2O5S/c1-3-29-21-12-11-17(31(27,28)25-13-7-4-8-14-25)15-19(21)24-23(26)22-16(2)18-9-5-6-10-20(18)30-22/h5-6,9-12,15H,3-4,7-8,13-14H2,1-2H3,(H,24,26). The van der Waals surface area contributed by atoms with Gasteiger partial charge in [0.2, 0.25) is 10.0 Å². The monoisotopic (exact) mass is 442 g/mol. The molecule has 0 spiro atoms. The molecule has 1 aromatic heterocycles. The second-order valence-electron chi connectivity index (χ2n) is 7.56. The number of benzene rings is 2. The average molecular weight is 443 g/mol. The molecule has 8 heteroatoms. The molecule has 7 nitrogen and oxygen atoms in total. The van der Waals surface area contributed by atoms with E-state index in [4.69, 9.17) is 9.15 Å². The number of furan rings is 1. The molecule has 1 aliphatic rings. The van der Waals surface area contributed by atoms with Gasteiger partial charge in [0, 0.05) is 24.0 Å². The van der Waals surface area contributed by atoms with Crippen LogP contribution in [0.2, 0.25) is 0 Å². The molecule has 1 saturated heterocycles. The van der Waals surface area contributed by atoms with Gasteiger partial charge in [-0.05, 0) is 51.0 Å². The highest BCUT2D eigenvalue weighted by molar-refractivity contribution is 7.89. The molecule has 3 aromatic rings. The van der Waals surface area contributed by atoms with Gasteiger partial charge >= 0.3 is 0 Å². The Morgan fingerprint density at radius 1 is 1.13 bits per heavy atom. The van der Waals surface area contributed by atoms with Crippen LogP contribution in [0.4, 0.5) is 5.69 Å². The highest BCUT2D eigenvalue weighted by atomic mass is 32.2. The Kier molecular flexibility index (Phi) is 6.02. The van der Waals surface area contributed by atoms with Crippen LogP contribution in [0, 0.1) is 6.92 Å². The smallest absolute Gasteiger partial charge is 0.291 e. The molecule has 0 unspecified atom stereocenters. The summed E-state index contributed by atoms with van der Waals surface area (Å²) in [5, 5.41) is 3.65. The predicted molar refractivity (Wildman–Crippen MR) is 119 cm³/mol. The summed E-state index contributed by atoms with van der Waals surface area (Å²) in [5.41, 5.74) is 1.64. The largest absolute Gasteiger partial charge is 0.492 e. The Balaban J connectivity index is 1.68. The Morgan fingerprint density at radius 3 is 2.58 bits per heavy atom. The van der Waals surface area contributed by atoms with E-state index in [1.165, 1.54) is 16.4 Å². The molecule has 1 fully saturated rings. The van der Waals surface area contributed by atoms with E-state index in [9.17, 15) is 13.2 Å². The van der Waals surface area contributed by atoms with Crippen molar-refractivity contribution < 1.29 is 22.4 Å². The maximum atomic E-state index is 13.1. The van der Waals surface area contributed by atoms with Crippen molar-refractivity contribution in [1.82, 2.24) is 4.31 Å². The normalized spacial score (nSPS) is 15.2. The fourth-order valence-electron chi connectivity index (χ4n) is 3.87. The molecule has 0 atom stereocenters. The van der Waals surface area contributed by atoms with Crippen LogP contribution < -0.4 is 10.1 Å². The number of rotatable bonds is 6. The van der Waals surface area contributed by atoms with Crippen molar-refractivity contribution in [3.63, 3.8) is 0 Å². The van der Waals surface area contributed by atoms with Gasteiger partial charge in [-0.1, -0.05) is 24.6 Å². The van der Waals surface area contributed by atoms with Crippen molar-refractivity contribution in [2.24, 2.45) is 0 Å². The first-order valence-electron chi connectivity index (χ1n) is 10.5. The van der Waals surface area contributed by atoms with Gasteiger partial charge in [0.15, 0.2) is 5.76 Å². The minimum absolute atomic E-state index is 0.134. The van der Waals surface area contributed by atoms with Gasteiger partial charge in [-0.25, -0.2) is 8.42 Å². The summed E-state index contributed by atoms with van der Waals surface area (Å²) in [4.78, 5) is 13.1. The van der Waals surface area contributed by atoms with Crippen LogP contribution in [-0.4, -0.2) is 38.3 Å². The number of nitrogens with one attached hydrogen (secondary N) is 1. The zero-order valence-corrected chi connectivity index (χ0v) is 18.5. The van der Waals surface area contributed by atoms with Gasteiger partial charge < -0.3 is 14.5 Å². The summed E-state index contributed by atoms with van der Waals surface area (Å²) >= 11 is 0. The number of para-hydroxylation sites is 1. The third-order valence-electron chi connectivity index (χ3n) is 5.50. The second kappa shape index (κ2) is 8.72. The predicted octanol–water partition coefficient (Wildman–Crippen LogP) is 4.57. The van der Waals surface area contributed by atoms with E-state index in [1.807, 2.05) is 32.0 Å². The summed E-state index contributed by atoms with van der Waals surface area (Å²) < 4.78 is 39.0. The minimum atomic E-state index is -3.64. The molecular formula is C23H26N2O5S. The zero-order valence-electron chi connectivity index (χ0n) is 17.7. The van der Waals surface area contributed by atoms with Crippen molar-refractivity contribution in [3.05, 3.63) is 53.8 Å². The van der Waals surface area contributed by atoms with Gasteiger partial charge in [0.25, 0.3) is 5.91 Å². The highest BCUT2D eigenvalue weighted by Crippen LogP contribution is 2.32. The fraction of sp³-hybridized carbons (Fsp3) is 0.348. The molecule has 164 valence electrons. The lowest BCUT2D eigenvalue weighted by Crippen LogP contribution is -2.35. The molecule has 0 saturated carbocycles. The molecule has 4 rings (SSSR count). The van der Waals surface area contributed by atoms with E-state index >= 15 is 0 Å². The van der Waals surface area contributed by atoms with E-state index in [2.05, 4.69) is 5.32 Å². The zero-order chi connectivity index (χ0) is 22.0. The van der Waals surface area contributed by atoms with Gasteiger partial charge in [0.1, 0.15) is 11.3 Å². The number of carbonyl (C=O) groups is 1. The van der Waals surface area contributed by atoms with Crippen LogP contribution in [0.3, 0.4) is 0 Å². The summed E-state index contributed by atoms with van der Waals surface area (Å²) in [6.45, 7) is 5.05. The van der Waals surface area contributed by atoms with E-state index in [0.29, 0.717) is 36.7 Å². The Labute approximate surface area is 182 Å². The first-order valence-corrected chi connectivity index (χ1v) is 11.9. The molecule has 2 heterocycles. The lowest BCUT2D eigenvalue weighted by Gasteiger charge is -2.26. The quantitative estimate of drug-likeness (QED) is 0.604. The fourth-order valence-corrected chi connectivity index (χ4v) is 5.42. The summed E-state index contributed by atoms with van der Waals surface area (Å²) in [7, 11) is -3.64. The number of piperidine rings is 1. The molecule has 1 N–H and O–H groups in total. The Bertz CT molecular complexity index is 1210. The molecule has 1 aliphatic heterocycles. The van der Waals surface area contributed by atoms with E-state index < -0.39 is 15.9 Å². The maximum Gasteiger partial charge on any atom is 0.291 e. The van der Waals surface area contributed by atoms with Crippen LogP contribution in [-0.2, 0) is 10.0 Å². The van der Waals surface area contributed by atoms with Crippen molar-refractivity contribution in [2.75, 3.05) is 25.0 Å². The van der Waals surface area contributed by atoms with Crippen LogP contribution in [0.5, 0.6) is 5.75 Å². The van der Waals surface area contributed by atoms with Gasteiger partial charge in [0.05, 0.1) is 17.2 Å². The van der Waals surface area contributed by atoms with Gasteiger partial charge in [-0.2, -0.15) is 4.31 Å². The van der Waals surface area contributed by atoms with Crippen LogP contribution in [0.1, 0.15) is 42.3 Å². The summed E-state index contributed by atoms with van der Waals surface area (Å²) in [5.74, 6) is 0.136.